The number of nitrogens with one attached hydrogen (secondary N) is 2. The molecular weight excluding hydrogens is 464 g/mol. The largest absolute Gasteiger partial charge is 0.326 e. The van der Waals surface area contributed by atoms with E-state index < -0.39 is 40.2 Å². The van der Waals surface area contributed by atoms with Gasteiger partial charge in [0.1, 0.15) is 11.6 Å². The average Bonchev–Trinajstić information content (AvgIpc) is 2.79. The maximum Gasteiger partial charge on any atom is 0.244 e. The van der Waals surface area contributed by atoms with Crippen molar-refractivity contribution < 1.29 is 26.8 Å². The number of hydrogen-bond acceptors (Lipinski definition) is 4. The van der Waals surface area contributed by atoms with Gasteiger partial charge in [-0.25, -0.2) is 17.2 Å². The number of rotatable bonds is 8. The molecule has 0 aromatic heterocycles. The summed E-state index contributed by atoms with van der Waals surface area (Å²) in [5.74, 6) is -2.89. The van der Waals surface area contributed by atoms with Gasteiger partial charge in [0.15, 0.2) is 0 Å². The first-order valence-corrected chi connectivity index (χ1v) is 11.7. The Kier molecular flexibility index (Phi) is 7.75. The van der Waals surface area contributed by atoms with Crippen LogP contribution in [0.15, 0.2) is 77.7 Å². The first-order valence-electron chi connectivity index (χ1n) is 10.3. The van der Waals surface area contributed by atoms with E-state index in [4.69, 9.17) is 0 Å². The Morgan fingerprint density at radius 1 is 0.941 bits per heavy atom. The van der Waals surface area contributed by atoms with Gasteiger partial charge in [-0.05, 0) is 48.9 Å². The van der Waals surface area contributed by atoms with Crippen LogP contribution in [0, 0.1) is 11.6 Å². The van der Waals surface area contributed by atoms with E-state index in [1.807, 2.05) is 0 Å². The van der Waals surface area contributed by atoms with Crippen molar-refractivity contribution in [1.29, 1.82) is 0 Å². The zero-order chi connectivity index (χ0) is 24.9. The van der Waals surface area contributed by atoms with Gasteiger partial charge in [-0.3, -0.25) is 9.59 Å². The van der Waals surface area contributed by atoms with E-state index in [-0.39, 0.29) is 16.5 Å². The van der Waals surface area contributed by atoms with E-state index in [1.54, 1.807) is 37.3 Å². The molecule has 3 rings (SSSR count). The van der Waals surface area contributed by atoms with Crippen molar-refractivity contribution in [2.24, 2.45) is 0 Å². The number of halogens is 2. The van der Waals surface area contributed by atoms with Crippen LogP contribution in [0.1, 0.15) is 25.5 Å². The molecule has 0 unspecified atom stereocenters. The normalized spacial score (nSPS) is 12.3. The SMILES string of the molecule is CC(=O)Nc1ccc(S(=O)(=O)N(CC(=O)Nc2ccc(F)cc2F)[C@H](C)c2ccccc2)cc1. The highest BCUT2D eigenvalue weighted by Gasteiger charge is 2.32. The van der Waals surface area contributed by atoms with Crippen LogP contribution in [0.2, 0.25) is 0 Å². The Hall–Kier alpha value is -3.63. The van der Waals surface area contributed by atoms with Crippen LogP contribution in [0.4, 0.5) is 20.2 Å². The number of anilines is 2. The molecule has 0 heterocycles. The molecule has 0 bridgehead atoms. The standard InChI is InChI=1S/C24H23F2N3O4S/c1-16(18-6-4-3-5-7-18)29(15-24(31)28-23-13-8-19(25)14-22(23)26)34(32,33)21-11-9-20(10-12-21)27-17(2)30/h3-14,16H,15H2,1-2H3,(H,27,30)(H,28,31)/t16-/m1/s1. The molecule has 3 aromatic rings. The molecule has 0 spiro atoms. The van der Waals surface area contributed by atoms with Crippen molar-refractivity contribution >= 4 is 33.2 Å². The van der Waals surface area contributed by atoms with E-state index in [2.05, 4.69) is 10.6 Å². The molecule has 1 atom stereocenters. The predicted octanol–water partition coefficient (Wildman–Crippen LogP) is 4.31. The molecule has 178 valence electrons. The maximum absolute atomic E-state index is 14.0. The van der Waals surface area contributed by atoms with E-state index in [0.29, 0.717) is 17.3 Å². The molecule has 0 aliphatic carbocycles. The van der Waals surface area contributed by atoms with Crippen molar-refractivity contribution in [3.63, 3.8) is 0 Å². The highest BCUT2D eigenvalue weighted by molar-refractivity contribution is 7.89. The minimum Gasteiger partial charge on any atom is -0.326 e. The Morgan fingerprint density at radius 2 is 1.59 bits per heavy atom. The van der Waals surface area contributed by atoms with Crippen molar-refractivity contribution in [3.05, 3.63) is 90.0 Å². The second kappa shape index (κ2) is 10.5. The fourth-order valence-electron chi connectivity index (χ4n) is 3.30. The summed E-state index contributed by atoms with van der Waals surface area (Å²) in [5, 5.41) is 4.85. The van der Waals surface area contributed by atoms with Crippen LogP contribution in [-0.2, 0) is 19.6 Å². The molecule has 0 saturated carbocycles. The van der Waals surface area contributed by atoms with Gasteiger partial charge in [-0.1, -0.05) is 30.3 Å². The number of amides is 2. The number of sulfonamides is 1. The first-order chi connectivity index (χ1) is 16.1. The third-order valence-electron chi connectivity index (χ3n) is 5.00. The topological polar surface area (TPSA) is 95.6 Å². The zero-order valence-corrected chi connectivity index (χ0v) is 19.3. The summed E-state index contributed by atoms with van der Waals surface area (Å²) in [6.07, 6.45) is 0. The molecule has 0 saturated heterocycles. The number of benzene rings is 3. The van der Waals surface area contributed by atoms with Crippen molar-refractivity contribution in [1.82, 2.24) is 4.31 Å². The van der Waals surface area contributed by atoms with Crippen LogP contribution >= 0.6 is 0 Å². The molecule has 34 heavy (non-hydrogen) atoms. The number of hydrogen-bond donors (Lipinski definition) is 2. The lowest BCUT2D eigenvalue weighted by Crippen LogP contribution is -2.39. The molecule has 0 fully saturated rings. The number of carbonyl (C=O) groups is 2. The lowest BCUT2D eigenvalue weighted by atomic mass is 10.1. The highest BCUT2D eigenvalue weighted by atomic mass is 32.2. The molecule has 2 N–H and O–H groups in total. The van der Waals surface area contributed by atoms with Gasteiger partial charge in [-0.15, -0.1) is 0 Å². The summed E-state index contributed by atoms with van der Waals surface area (Å²) < 4.78 is 55.2. The Labute approximate surface area is 196 Å². The van der Waals surface area contributed by atoms with E-state index in [0.717, 1.165) is 16.4 Å². The lowest BCUT2D eigenvalue weighted by Gasteiger charge is -2.28. The molecule has 0 radical (unpaired) electrons. The average molecular weight is 488 g/mol. The summed E-state index contributed by atoms with van der Waals surface area (Å²) in [6.45, 7) is 2.34. The third kappa shape index (κ3) is 6.03. The van der Waals surface area contributed by atoms with Crippen molar-refractivity contribution in [2.75, 3.05) is 17.2 Å². The fourth-order valence-corrected chi connectivity index (χ4v) is 4.87. The summed E-state index contributed by atoms with van der Waals surface area (Å²) in [5.41, 5.74) is 0.788. The van der Waals surface area contributed by atoms with Crippen LogP contribution in [0.3, 0.4) is 0 Å². The van der Waals surface area contributed by atoms with Crippen molar-refractivity contribution in [2.45, 2.75) is 24.8 Å². The molecule has 2 amide bonds. The second-order valence-corrected chi connectivity index (χ2v) is 9.41. The van der Waals surface area contributed by atoms with Crippen molar-refractivity contribution in [3.8, 4) is 0 Å². The Morgan fingerprint density at radius 3 is 2.18 bits per heavy atom. The van der Waals surface area contributed by atoms with E-state index in [9.17, 15) is 26.8 Å². The van der Waals surface area contributed by atoms with Crippen LogP contribution in [0.5, 0.6) is 0 Å². The van der Waals surface area contributed by atoms with Gasteiger partial charge in [0.2, 0.25) is 21.8 Å². The minimum absolute atomic E-state index is 0.0925. The van der Waals surface area contributed by atoms with Crippen LogP contribution < -0.4 is 10.6 Å². The van der Waals surface area contributed by atoms with Gasteiger partial charge < -0.3 is 10.6 Å². The van der Waals surface area contributed by atoms with Crippen LogP contribution in [-0.4, -0.2) is 31.1 Å². The fraction of sp³-hybridized carbons (Fsp3) is 0.167. The monoisotopic (exact) mass is 487 g/mol. The molecule has 0 aliphatic heterocycles. The van der Waals surface area contributed by atoms with Gasteiger partial charge in [0.25, 0.3) is 0 Å². The number of nitrogens with zero attached hydrogens (tertiary/aromatic N) is 1. The lowest BCUT2D eigenvalue weighted by molar-refractivity contribution is -0.117. The summed E-state index contributed by atoms with van der Waals surface area (Å²) in [4.78, 5) is 23.9. The molecule has 10 heteroatoms. The zero-order valence-electron chi connectivity index (χ0n) is 18.5. The van der Waals surface area contributed by atoms with Gasteiger partial charge >= 0.3 is 0 Å². The Balaban J connectivity index is 1.92. The molecule has 3 aromatic carbocycles. The summed E-state index contributed by atoms with van der Waals surface area (Å²) >= 11 is 0. The molecular formula is C24H23F2N3O4S. The van der Waals surface area contributed by atoms with Gasteiger partial charge in [-0.2, -0.15) is 4.31 Å². The molecule has 0 aliphatic rings. The third-order valence-corrected chi connectivity index (χ3v) is 6.93. The summed E-state index contributed by atoms with van der Waals surface area (Å²) in [7, 11) is -4.19. The molecule has 7 nitrogen and oxygen atoms in total. The van der Waals surface area contributed by atoms with Gasteiger partial charge in [0.05, 0.1) is 17.1 Å². The van der Waals surface area contributed by atoms with Crippen LogP contribution in [0.25, 0.3) is 0 Å². The Bertz CT molecular complexity index is 1280. The van der Waals surface area contributed by atoms with E-state index in [1.165, 1.54) is 31.2 Å². The maximum atomic E-state index is 14.0. The van der Waals surface area contributed by atoms with E-state index >= 15 is 0 Å². The second-order valence-electron chi connectivity index (χ2n) is 7.51. The van der Waals surface area contributed by atoms with Gasteiger partial charge in [0, 0.05) is 24.7 Å². The predicted molar refractivity (Wildman–Crippen MR) is 124 cm³/mol. The quantitative estimate of drug-likeness (QED) is 0.495. The summed E-state index contributed by atoms with van der Waals surface area (Å²) in [6, 6.07) is 16.2. The first kappa shape index (κ1) is 25.0. The minimum atomic E-state index is -4.19. The number of carbonyl (C=O) groups excluding carboxylic acids is 2. The smallest absolute Gasteiger partial charge is 0.244 e. The highest BCUT2D eigenvalue weighted by Crippen LogP contribution is 2.28.